The van der Waals surface area contributed by atoms with Crippen molar-refractivity contribution in [3.8, 4) is 0 Å². The van der Waals surface area contributed by atoms with Crippen molar-refractivity contribution in [3.63, 3.8) is 0 Å². The quantitative estimate of drug-likeness (QED) is 0.798. The number of unbranched alkanes of at least 4 members (excludes halogenated alkanes) is 1. The average molecular weight is 323 g/mol. The number of amides is 1. The maximum Gasteiger partial charge on any atom is 0.326 e. The maximum absolute atomic E-state index is 12.2. The number of aromatic nitrogens is 2. The van der Waals surface area contributed by atoms with E-state index in [-0.39, 0.29) is 12.1 Å². The summed E-state index contributed by atoms with van der Waals surface area (Å²) in [5.74, 6) is -1.58. The molecule has 2 aromatic heterocycles. The van der Waals surface area contributed by atoms with Gasteiger partial charge >= 0.3 is 5.97 Å². The van der Waals surface area contributed by atoms with E-state index in [1.165, 1.54) is 22.2 Å². The summed E-state index contributed by atoms with van der Waals surface area (Å²) in [5.41, 5.74) is -0.304. The van der Waals surface area contributed by atoms with Crippen LogP contribution in [0.5, 0.6) is 0 Å². The van der Waals surface area contributed by atoms with Gasteiger partial charge in [0.2, 0.25) is 5.91 Å². The number of thiophene rings is 1. The lowest BCUT2D eigenvalue weighted by molar-refractivity contribution is -0.142. The Morgan fingerprint density at radius 1 is 1.50 bits per heavy atom. The van der Waals surface area contributed by atoms with Crippen molar-refractivity contribution in [1.82, 2.24) is 14.9 Å². The Morgan fingerprint density at radius 2 is 2.27 bits per heavy atom. The molecular formula is C14H17N3O4S. The van der Waals surface area contributed by atoms with Crippen LogP contribution in [0.25, 0.3) is 10.2 Å². The van der Waals surface area contributed by atoms with Crippen LogP contribution < -0.4 is 10.9 Å². The SMILES string of the molecule is CCCCC(NC(=O)Cn1cnc2sccc2c1=O)C(=O)O. The lowest BCUT2D eigenvalue weighted by atomic mass is 10.1. The Kier molecular flexibility index (Phi) is 5.26. The van der Waals surface area contributed by atoms with E-state index in [1.807, 2.05) is 6.92 Å². The summed E-state index contributed by atoms with van der Waals surface area (Å²) in [5, 5.41) is 13.8. The summed E-state index contributed by atoms with van der Waals surface area (Å²) in [4.78, 5) is 39.9. The Balaban J connectivity index is 2.08. The topological polar surface area (TPSA) is 101 Å². The molecule has 0 aliphatic heterocycles. The zero-order valence-electron chi connectivity index (χ0n) is 12.1. The van der Waals surface area contributed by atoms with E-state index < -0.39 is 17.9 Å². The Labute approximate surface area is 130 Å². The molecule has 2 N–H and O–H groups in total. The smallest absolute Gasteiger partial charge is 0.326 e. The highest BCUT2D eigenvalue weighted by Crippen LogP contribution is 2.13. The molecule has 7 nitrogen and oxygen atoms in total. The molecule has 1 amide bonds. The monoisotopic (exact) mass is 323 g/mol. The maximum atomic E-state index is 12.2. The third-order valence-electron chi connectivity index (χ3n) is 3.24. The second kappa shape index (κ2) is 7.17. The first-order valence-corrected chi connectivity index (χ1v) is 7.85. The summed E-state index contributed by atoms with van der Waals surface area (Å²) in [7, 11) is 0. The van der Waals surface area contributed by atoms with Gasteiger partial charge < -0.3 is 10.4 Å². The van der Waals surface area contributed by atoms with E-state index in [0.29, 0.717) is 23.1 Å². The first kappa shape index (κ1) is 16.2. The summed E-state index contributed by atoms with van der Waals surface area (Å²) >= 11 is 1.35. The van der Waals surface area contributed by atoms with E-state index in [1.54, 1.807) is 11.4 Å². The normalized spacial score (nSPS) is 12.2. The zero-order chi connectivity index (χ0) is 16.1. The molecule has 22 heavy (non-hydrogen) atoms. The number of rotatable bonds is 7. The van der Waals surface area contributed by atoms with E-state index in [0.717, 1.165) is 6.42 Å². The predicted molar refractivity (Wildman–Crippen MR) is 83.0 cm³/mol. The Bertz CT molecular complexity index is 737. The molecule has 0 saturated heterocycles. The summed E-state index contributed by atoms with van der Waals surface area (Å²) < 4.78 is 1.18. The van der Waals surface area contributed by atoms with Crippen molar-refractivity contribution in [3.05, 3.63) is 28.1 Å². The van der Waals surface area contributed by atoms with E-state index >= 15 is 0 Å². The van der Waals surface area contributed by atoms with Crippen LogP contribution in [0.15, 0.2) is 22.6 Å². The Morgan fingerprint density at radius 3 is 2.95 bits per heavy atom. The van der Waals surface area contributed by atoms with Crippen molar-refractivity contribution in [2.75, 3.05) is 0 Å². The van der Waals surface area contributed by atoms with Gasteiger partial charge in [0, 0.05) is 0 Å². The first-order valence-electron chi connectivity index (χ1n) is 6.97. The van der Waals surface area contributed by atoms with Crippen LogP contribution in [0.4, 0.5) is 0 Å². The molecule has 0 fully saturated rings. The lowest BCUT2D eigenvalue weighted by Crippen LogP contribution is -2.43. The van der Waals surface area contributed by atoms with Crippen LogP contribution in [0.3, 0.4) is 0 Å². The van der Waals surface area contributed by atoms with Gasteiger partial charge in [-0.15, -0.1) is 11.3 Å². The molecule has 0 aromatic carbocycles. The third kappa shape index (κ3) is 3.70. The standard InChI is InChI=1S/C14H17N3O4S/c1-2-3-4-10(14(20)21)16-11(18)7-17-8-15-12-9(13(17)19)5-6-22-12/h5-6,8,10H,2-4,7H2,1H3,(H,16,18)(H,20,21). The van der Waals surface area contributed by atoms with Gasteiger partial charge in [-0.2, -0.15) is 0 Å². The van der Waals surface area contributed by atoms with Crippen molar-refractivity contribution in [1.29, 1.82) is 0 Å². The minimum Gasteiger partial charge on any atom is -0.480 e. The van der Waals surface area contributed by atoms with Gasteiger partial charge in [-0.25, -0.2) is 9.78 Å². The number of hydrogen-bond acceptors (Lipinski definition) is 5. The molecule has 0 saturated carbocycles. The molecule has 2 rings (SSSR count). The van der Waals surface area contributed by atoms with Gasteiger partial charge in [0.15, 0.2) is 0 Å². The van der Waals surface area contributed by atoms with Crippen LogP contribution in [0, 0.1) is 0 Å². The number of aliphatic carboxylic acids is 1. The van der Waals surface area contributed by atoms with Crippen LogP contribution in [0.1, 0.15) is 26.2 Å². The van der Waals surface area contributed by atoms with Crippen LogP contribution >= 0.6 is 11.3 Å². The van der Waals surface area contributed by atoms with Gasteiger partial charge in [0.05, 0.1) is 11.7 Å². The van der Waals surface area contributed by atoms with Crippen molar-refractivity contribution < 1.29 is 14.7 Å². The molecule has 1 atom stereocenters. The predicted octanol–water partition coefficient (Wildman–Crippen LogP) is 1.22. The third-order valence-corrected chi connectivity index (χ3v) is 4.06. The molecule has 0 bridgehead atoms. The summed E-state index contributed by atoms with van der Waals surface area (Å²) in [6.45, 7) is 1.70. The molecular weight excluding hydrogens is 306 g/mol. The number of carbonyl (C=O) groups excluding carboxylic acids is 1. The number of carboxylic acids is 1. The molecule has 8 heteroatoms. The van der Waals surface area contributed by atoms with Gasteiger partial charge in [-0.1, -0.05) is 19.8 Å². The number of nitrogens with one attached hydrogen (secondary N) is 1. The van der Waals surface area contributed by atoms with Gasteiger partial charge in [0.25, 0.3) is 5.56 Å². The van der Waals surface area contributed by atoms with Gasteiger partial charge in [-0.05, 0) is 17.9 Å². The molecule has 2 aromatic rings. The molecule has 0 aliphatic rings. The molecule has 1 unspecified atom stereocenters. The van der Waals surface area contributed by atoms with Crippen molar-refractivity contribution in [2.24, 2.45) is 0 Å². The van der Waals surface area contributed by atoms with Gasteiger partial charge in [0.1, 0.15) is 17.4 Å². The number of carboxylic acid groups (broad SMARTS) is 1. The number of hydrogen-bond donors (Lipinski definition) is 2. The van der Waals surface area contributed by atoms with Crippen molar-refractivity contribution in [2.45, 2.75) is 38.8 Å². The fourth-order valence-electron chi connectivity index (χ4n) is 2.07. The first-order chi connectivity index (χ1) is 10.5. The molecule has 0 aliphatic carbocycles. The fourth-order valence-corrected chi connectivity index (χ4v) is 2.79. The number of carbonyl (C=O) groups is 2. The number of fused-ring (bicyclic) bond motifs is 1. The summed E-state index contributed by atoms with van der Waals surface area (Å²) in [6.07, 6.45) is 3.23. The number of nitrogens with zero attached hydrogens (tertiary/aromatic N) is 2. The average Bonchev–Trinajstić information content (AvgIpc) is 2.95. The van der Waals surface area contributed by atoms with Crippen molar-refractivity contribution >= 4 is 33.4 Å². The van der Waals surface area contributed by atoms with Crippen LogP contribution in [0.2, 0.25) is 0 Å². The zero-order valence-corrected chi connectivity index (χ0v) is 12.9. The van der Waals surface area contributed by atoms with E-state index in [9.17, 15) is 14.4 Å². The molecule has 118 valence electrons. The largest absolute Gasteiger partial charge is 0.480 e. The minimum atomic E-state index is -1.07. The lowest BCUT2D eigenvalue weighted by Gasteiger charge is -2.14. The second-order valence-electron chi connectivity index (χ2n) is 4.92. The highest BCUT2D eigenvalue weighted by atomic mass is 32.1. The van der Waals surface area contributed by atoms with E-state index in [2.05, 4.69) is 10.3 Å². The highest BCUT2D eigenvalue weighted by molar-refractivity contribution is 7.16. The minimum absolute atomic E-state index is 0.243. The fraction of sp³-hybridized carbons (Fsp3) is 0.429. The van der Waals surface area contributed by atoms with Crippen LogP contribution in [-0.2, 0) is 16.1 Å². The Hall–Kier alpha value is -2.22. The van der Waals surface area contributed by atoms with Crippen LogP contribution in [-0.4, -0.2) is 32.6 Å². The van der Waals surface area contributed by atoms with Gasteiger partial charge in [-0.3, -0.25) is 14.2 Å². The summed E-state index contributed by atoms with van der Waals surface area (Å²) in [6, 6.07) is 0.728. The molecule has 0 spiro atoms. The second-order valence-corrected chi connectivity index (χ2v) is 5.81. The van der Waals surface area contributed by atoms with E-state index in [4.69, 9.17) is 5.11 Å². The molecule has 2 heterocycles. The highest BCUT2D eigenvalue weighted by Gasteiger charge is 2.19. The molecule has 0 radical (unpaired) electrons.